The zero-order valence-electron chi connectivity index (χ0n) is 10.6. The molecule has 0 bridgehead atoms. The first-order valence-corrected chi connectivity index (χ1v) is 6.61. The van der Waals surface area contributed by atoms with E-state index < -0.39 is 0 Å². The number of nitrogen functional groups attached to an aromatic ring is 1. The second-order valence-electron chi connectivity index (χ2n) is 4.63. The van der Waals surface area contributed by atoms with Gasteiger partial charge in [0, 0.05) is 11.1 Å². The molecule has 0 heterocycles. The maximum Gasteiger partial charge on any atom is 0.193 e. The third-order valence-corrected chi connectivity index (χ3v) is 3.61. The van der Waals surface area contributed by atoms with Crippen molar-refractivity contribution in [3.05, 3.63) is 76.8 Å². The molecule has 0 saturated heterocycles. The molecule has 0 atom stereocenters. The number of hydrogen-bond acceptors (Lipinski definition) is 2. The average Bonchev–Trinajstić information content (AvgIpc) is 2.49. The van der Waals surface area contributed by atoms with Crippen LogP contribution in [0.5, 0.6) is 0 Å². The van der Waals surface area contributed by atoms with E-state index in [1.165, 1.54) is 0 Å². The molecule has 0 saturated carbocycles. The number of anilines is 1. The van der Waals surface area contributed by atoms with Gasteiger partial charge in [0.25, 0.3) is 0 Å². The quantitative estimate of drug-likeness (QED) is 0.562. The van der Waals surface area contributed by atoms with Crippen molar-refractivity contribution in [3.8, 4) is 0 Å². The van der Waals surface area contributed by atoms with Crippen molar-refractivity contribution in [1.82, 2.24) is 0 Å². The number of carbonyl (C=O) groups is 1. The fourth-order valence-electron chi connectivity index (χ4n) is 2.18. The fourth-order valence-corrected chi connectivity index (χ4v) is 2.30. The van der Waals surface area contributed by atoms with Crippen molar-refractivity contribution in [2.75, 3.05) is 5.73 Å². The Hall–Kier alpha value is -2.32. The van der Waals surface area contributed by atoms with E-state index in [0.29, 0.717) is 21.8 Å². The van der Waals surface area contributed by atoms with E-state index in [9.17, 15) is 4.79 Å². The standard InChI is InChI=1S/C17H12ClNO/c18-15-8-7-14(10-16(15)19)17(20)13-6-5-11-3-1-2-4-12(11)9-13/h1-10H,19H2. The van der Waals surface area contributed by atoms with Gasteiger partial charge in [-0.3, -0.25) is 4.79 Å². The van der Waals surface area contributed by atoms with E-state index in [2.05, 4.69) is 0 Å². The lowest BCUT2D eigenvalue weighted by atomic mass is 10.00. The molecule has 0 aliphatic heterocycles. The molecule has 2 nitrogen and oxygen atoms in total. The van der Waals surface area contributed by atoms with Crippen LogP contribution in [-0.4, -0.2) is 5.78 Å². The van der Waals surface area contributed by atoms with Crippen LogP contribution >= 0.6 is 11.6 Å². The van der Waals surface area contributed by atoms with Gasteiger partial charge in [0.15, 0.2) is 5.78 Å². The number of hydrogen-bond donors (Lipinski definition) is 1. The first-order chi connectivity index (χ1) is 9.65. The van der Waals surface area contributed by atoms with Gasteiger partial charge >= 0.3 is 0 Å². The summed E-state index contributed by atoms with van der Waals surface area (Å²) in [6, 6.07) is 18.5. The third-order valence-electron chi connectivity index (χ3n) is 3.27. The number of ketones is 1. The molecular weight excluding hydrogens is 270 g/mol. The molecule has 3 heteroatoms. The van der Waals surface area contributed by atoms with Crippen molar-refractivity contribution in [2.24, 2.45) is 0 Å². The number of rotatable bonds is 2. The average molecular weight is 282 g/mol. The van der Waals surface area contributed by atoms with Gasteiger partial charge in [0.1, 0.15) is 0 Å². The lowest BCUT2D eigenvalue weighted by Gasteiger charge is -2.05. The van der Waals surface area contributed by atoms with Crippen molar-refractivity contribution in [1.29, 1.82) is 0 Å². The Labute approximate surface area is 121 Å². The topological polar surface area (TPSA) is 43.1 Å². The predicted octanol–water partition coefficient (Wildman–Crippen LogP) is 4.31. The Balaban J connectivity index is 2.05. The van der Waals surface area contributed by atoms with E-state index >= 15 is 0 Å². The summed E-state index contributed by atoms with van der Waals surface area (Å²) >= 11 is 5.87. The van der Waals surface area contributed by atoms with Crippen LogP contribution in [-0.2, 0) is 0 Å². The molecule has 0 fully saturated rings. The van der Waals surface area contributed by atoms with Crippen LogP contribution in [0.3, 0.4) is 0 Å². The summed E-state index contributed by atoms with van der Waals surface area (Å²) in [5.74, 6) is -0.0564. The number of nitrogens with two attached hydrogens (primary N) is 1. The highest BCUT2D eigenvalue weighted by atomic mass is 35.5. The number of fused-ring (bicyclic) bond motifs is 1. The van der Waals surface area contributed by atoms with Gasteiger partial charge < -0.3 is 5.73 Å². The van der Waals surface area contributed by atoms with E-state index in [-0.39, 0.29) is 5.78 Å². The predicted molar refractivity (Wildman–Crippen MR) is 83.2 cm³/mol. The largest absolute Gasteiger partial charge is 0.398 e. The molecule has 98 valence electrons. The molecule has 2 N–H and O–H groups in total. The van der Waals surface area contributed by atoms with Gasteiger partial charge in [-0.25, -0.2) is 0 Å². The van der Waals surface area contributed by atoms with Crippen molar-refractivity contribution < 1.29 is 4.79 Å². The second kappa shape index (κ2) is 4.99. The van der Waals surface area contributed by atoms with Crippen LogP contribution in [0.2, 0.25) is 5.02 Å². The first-order valence-electron chi connectivity index (χ1n) is 6.24. The van der Waals surface area contributed by atoms with Gasteiger partial charge in [-0.15, -0.1) is 0 Å². The minimum Gasteiger partial charge on any atom is -0.398 e. The molecule has 0 aliphatic carbocycles. The molecule has 3 rings (SSSR count). The normalized spacial score (nSPS) is 10.7. The van der Waals surface area contributed by atoms with Crippen LogP contribution < -0.4 is 5.73 Å². The van der Waals surface area contributed by atoms with Crippen molar-refractivity contribution in [2.45, 2.75) is 0 Å². The zero-order valence-corrected chi connectivity index (χ0v) is 11.4. The minimum absolute atomic E-state index is 0.0564. The molecule has 0 aliphatic rings. The number of benzene rings is 3. The lowest BCUT2D eigenvalue weighted by Crippen LogP contribution is -2.02. The van der Waals surface area contributed by atoms with Crippen LogP contribution in [0.1, 0.15) is 15.9 Å². The maximum atomic E-state index is 12.5. The molecule has 20 heavy (non-hydrogen) atoms. The molecule has 3 aromatic rings. The maximum absolute atomic E-state index is 12.5. The van der Waals surface area contributed by atoms with E-state index in [4.69, 9.17) is 17.3 Å². The highest BCUT2D eigenvalue weighted by molar-refractivity contribution is 6.33. The van der Waals surface area contributed by atoms with Crippen LogP contribution in [0.25, 0.3) is 10.8 Å². The van der Waals surface area contributed by atoms with Gasteiger partial charge in [0.2, 0.25) is 0 Å². The second-order valence-corrected chi connectivity index (χ2v) is 5.03. The highest BCUT2D eigenvalue weighted by Crippen LogP contribution is 2.23. The Bertz CT molecular complexity index is 811. The molecule has 0 amide bonds. The molecule has 0 spiro atoms. The Morgan fingerprint density at radius 3 is 2.25 bits per heavy atom. The molecule has 0 unspecified atom stereocenters. The number of halogens is 1. The van der Waals surface area contributed by atoms with Crippen LogP contribution in [0, 0.1) is 0 Å². The van der Waals surface area contributed by atoms with Crippen LogP contribution in [0.4, 0.5) is 5.69 Å². The minimum atomic E-state index is -0.0564. The summed E-state index contributed by atoms with van der Waals surface area (Å²) in [5, 5.41) is 2.61. The summed E-state index contributed by atoms with van der Waals surface area (Å²) < 4.78 is 0. The summed E-state index contributed by atoms with van der Waals surface area (Å²) in [6.45, 7) is 0. The molecular formula is C17H12ClNO. The van der Waals surface area contributed by atoms with Crippen LogP contribution in [0.15, 0.2) is 60.7 Å². The zero-order chi connectivity index (χ0) is 14.1. The Morgan fingerprint density at radius 2 is 1.50 bits per heavy atom. The fraction of sp³-hybridized carbons (Fsp3) is 0. The van der Waals surface area contributed by atoms with Gasteiger partial charge in [-0.05, 0) is 35.0 Å². The van der Waals surface area contributed by atoms with E-state index in [0.717, 1.165) is 10.8 Å². The highest BCUT2D eigenvalue weighted by Gasteiger charge is 2.11. The third kappa shape index (κ3) is 2.26. The summed E-state index contributed by atoms with van der Waals surface area (Å²) in [4.78, 5) is 12.5. The van der Waals surface area contributed by atoms with E-state index in [1.807, 2.05) is 42.5 Å². The summed E-state index contributed by atoms with van der Waals surface area (Å²) in [7, 11) is 0. The molecule has 0 aromatic heterocycles. The van der Waals surface area contributed by atoms with Gasteiger partial charge in [0.05, 0.1) is 10.7 Å². The SMILES string of the molecule is Nc1cc(C(=O)c2ccc3ccccc3c2)ccc1Cl. The molecule has 3 aromatic carbocycles. The number of carbonyl (C=O) groups excluding carboxylic acids is 1. The summed E-state index contributed by atoms with van der Waals surface area (Å²) in [6.07, 6.45) is 0. The van der Waals surface area contributed by atoms with Gasteiger partial charge in [-0.2, -0.15) is 0 Å². The summed E-state index contributed by atoms with van der Waals surface area (Å²) in [5.41, 5.74) is 7.35. The molecule has 0 radical (unpaired) electrons. The van der Waals surface area contributed by atoms with Gasteiger partial charge in [-0.1, -0.05) is 48.0 Å². The van der Waals surface area contributed by atoms with Crippen molar-refractivity contribution >= 4 is 33.8 Å². The van der Waals surface area contributed by atoms with Crippen molar-refractivity contribution in [3.63, 3.8) is 0 Å². The smallest absolute Gasteiger partial charge is 0.193 e. The monoisotopic (exact) mass is 281 g/mol. The first kappa shape index (κ1) is 12.7. The lowest BCUT2D eigenvalue weighted by molar-refractivity contribution is 0.103. The Kier molecular flexibility index (Phi) is 3.17. The Morgan fingerprint density at radius 1 is 0.850 bits per heavy atom. The van der Waals surface area contributed by atoms with E-state index in [1.54, 1.807) is 18.2 Å².